The number of carbonyl (C=O) groups is 3. The van der Waals surface area contributed by atoms with Crippen molar-refractivity contribution in [2.24, 2.45) is 11.8 Å². The van der Waals surface area contributed by atoms with Crippen molar-refractivity contribution in [1.82, 2.24) is 0 Å². The van der Waals surface area contributed by atoms with Crippen LogP contribution in [0.4, 0.5) is 5.69 Å². The minimum Gasteiger partial charge on any atom is -0.423 e. The molecule has 4 aromatic rings. The van der Waals surface area contributed by atoms with Crippen LogP contribution in [0.2, 0.25) is 0 Å². The maximum atomic E-state index is 13.9. The Morgan fingerprint density at radius 1 is 0.611 bits per heavy atom. The number of anilines is 1. The van der Waals surface area contributed by atoms with Crippen LogP contribution in [0.15, 0.2) is 103 Å². The Bertz CT molecular complexity index is 1440. The van der Waals surface area contributed by atoms with Crippen molar-refractivity contribution in [3.05, 3.63) is 131 Å². The molecule has 0 radical (unpaired) electrons. The van der Waals surface area contributed by atoms with Gasteiger partial charge >= 0.3 is 5.97 Å². The zero-order valence-corrected chi connectivity index (χ0v) is 19.2. The quantitative estimate of drug-likeness (QED) is 0.231. The highest BCUT2D eigenvalue weighted by molar-refractivity contribution is 6.23. The van der Waals surface area contributed by atoms with E-state index in [0.29, 0.717) is 11.3 Å². The highest BCUT2D eigenvalue weighted by Gasteiger charge is 2.61. The van der Waals surface area contributed by atoms with E-state index in [0.717, 1.165) is 22.3 Å². The monoisotopic (exact) mass is 471 g/mol. The number of nitrogens with zero attached hydrogens (tertiary/aromatic N) is 1. The van der Waals surface area contributed by atoms with Gasteiger partial charge in [0.05, 0.1) is 23.1 Å². The molecule has 0 N–H and O–H groups in total. The SMILES string of the molecule is O=C(Oc1cccc(N2C(=O)[C@@H]3C4c5ccccc5C(c5ccccc54)[C@@H]3C2=O)c1)c1ccccc1. The third-order valence-electron chi connectivity index (χ3n) is 7.74. The number of hydrogen-bond donors (Lipinski definition) is 0. The molecule has 2 amide bonds. The molecule has 1 heterocycles. The molecule has 2 atom stereocenters. The van der Waals surface area contributed by atoms with Crippen LogP contribution in [0.3, 0.4) is 0 Å². The molecule has 1 aliphatic heterocycles. The van der Waals surface area contributed by atoms with E-state index in [1.54, 1.807) is 48.5 Å². The second-order valence-corrected chi connectivity index (χ2v) is 9.53. The Hall–Kier alpha value is -4.51. The second kappa shape index (κ2) is 7.75. The standard InChI is InChI=1S/C31H21NO4/c33-29-27-25-21-13-4-5-14-22(21)26(24-16-7-6-15-23(24)25)28(27)30(34)32(29)19-11-8-12-20(17-19)36-31(35)18-9-2-1-3-10-18/h1-17,25-28H/t25?,26?,27-,28+. The van der Waals surface area contributed by atoms with Gasteiger partial charge in [-0.2, -0.15) is 0 Å². The van der Waals surface area contributed by atoms with Crippen molar-refractivity contribution >= 4 is 23.5 Å². The number of imide groups is 1. The van der Waals surface area contributed by atoms with Gasteiger partial charge < -0.3 is 4.74 Å². The fraction of sp³-hybridized carbons (Fsp3) is 0.129. The van der Waals surface area contributed by atoms with E-state index >= 15 is 0 Å². The minimum atomic E-state index is -0.496. The van der Waals surface area contributed by atoms with Gasteiger partial charge in [-0.05, 0) is 46.5 Å². The molecule has 4 aromatic carbocycles. The van der Waals surface area contributed by atoms with Gasteiger partial charge in [0.15, 0.2) is 0 Å². The zero-order chi connectivity index (χ0) is 24.4. The average Bonchev–Trinajstić information content (AvgIpc) is 3.19. The topological polar surface area (TPSA) is 63.7 Å². The van der Waals surface area contributed by atoms with E-state index in [1.165, 1.54) is 4.90 Å². The van der Waals surface area contributed by atoms with Gasteiger partial charge in [0, 0.05) is 17.9 Å². The summed E-state index contributed by atoms with van der Waals surface area (Å²) in [4.78, 5) is 41.7. The summed E-state index contributed by atoms with van der Waals surface area (Å²) in [5.41, 5.74) is 5.39. The first-order valence-corrected chi connectivity index (χ1v) is 12.1. The van der Waals surface area contributed by atoms with Crippen molar-refractivity contribution in [3.63, 3.8) is 0 Å². The number of amides is 2. The highest BCUT2D eigenvalue weighted by Crippen LogP contribution is 2.61. The molecule has 5 nitrogen and oxygen atoms in total. The number of hydrogen-bond acceptors (Lipinski definition) is 4. The summed E-state index contributed by atoms with van der Waals surface area (Å²) < 4.78 is 5.56. The van der Waals surface area contributed by atoms with Crippen LogP contribution in [0, 0.1) is 11.8 Å². The summed E-state index contributed by atoms with van der Waals surface area (Å²) in [5, 5.41) is 0. The Morgan fingerprint density at radius 3 is 1.64 bits per heavy atom. The first-order valence-electron chi connectivity index (χ1n) is 12.1. The summed E-state index contributed by atoms with van der Waals surface area (Å²) in [6.45, 7) is 0. The van der Waals surface area contributed by atoms with Gasteiger partial charge in [-0.1, -0.05) is 72.8 Å². The molecule has 4 aliphatic rings. The molecule has 3 aliphatic carbocycles. The lowest BCUT2D eigenvalue weighted by Gasteiger charge is -2.45. The molecule has 0 saturated carbocycles. The van der Waals surface area contributed by atoms with Gasteiger partial charge in [0.1, 0.15) is 5.75 Å². The van der Waals surface area contributed by atoms with Gasteiger partial charge in [0.2, 0.25) is 11.8 Å². The number of ether oxygens (including phenoxy) is 1. The lowest BCUT2D eigenvalue weighted by molar-refractivity contribution is -0.122. The average molecular weight is 472 g/mol. The Morgan fingerprint density at radius 2 is 1.11 bits per heavy atom. The Balaban J connectivity index is 1.27. The number of carbonyl (C=O) groups excluding carboxylic acids is 3. The smallest absolute Gasteiger partial charge is 0.343 e. The first kappa shape index (κ1) is 20.8. The molecule has 5 heteroatoms. The van der Waals surface area contributed by atoms with E-state index < -0.39 is 17.8 Å². The van der Waals surface area contributed by atoms with Crippen LogP contribution in [0.5, 0.6) is 5.75 Å². The zero-order valence-electron chi connectivity index (χ0n) is 19.2. The van der Waals surface area contributed by atoms with Crippen molar-refractivity contribution in [2.75, 3.05) is 4.90 Å². The van der Waals surface area contributed by atoms with Gasteiger partial charge in [-0.3, -0.25) is 9.59 Å². The molecule has 36 heavy (non-hydrogen) atoms. The van der Waals surface area contributed by atoms with E-state index in [2.05, 4.69) is 24.3 Å². The summed E-state index contributed by atoms with van der Waals surface area (Å²) in [6.07, 6.45) is 0. The molecule has 8 rings (SSSR count). The van der Waals surface area contributed by atoms with Crippen molar-refractivity contribution < 1.29 is 19.1 Å². The van der Waals surface area contributed by atoms with Crippen molar-refractivity contribution in [1.29, 1.82) is 0 Å². The van der Waals surface area contributed by atoms with Crippen LogP contribution in [-0.4, -0.2) is 17.8 Å². The van der Waals surface area contributed by atoms with Gasteiger partial charge in [-0.15, -0.1) is 0 Å². The first-order chi connectivity index (χ1) is 17.6. The summed E-state index contributed by atoms with van der Waals surface area (Å²) in [5.74, 6) is -1.84. The van der Waals surface area contributed by atoms with E-state index in [-0.39, 0.29) is 29.4 Å². The molecule has 0 aromatic heterocycles. The van der Waals surface area contributed by atoms with Crippen molar-refractivity contribution in [3.8, 4) is 5.75 Å². The fourth-order valence-electron chi connectivity index (χ4n) is 6.36. The third kappa shape index (κ3) is 2.86. The number of benzene rings is 4. The van der Waals surface area contributed by atoms with Gasteiger partial charge in [0.25, 0.3) is 0 Å². The summed E-state index contributed by atoms with van der Waals surface area (Å²) in [7, 11) is 0. The van der Waals surface area contributed by atoms with Crippen LogP contribution in [0.1, 0.15) is 44.4 Å². The highest BCUT2D eigenvalue weighted by atomic mass is 16.5. The van der Waals surface area contributed by atoms with Crippen LogP contribution < -0.4 is 9.64 Å². The number of esters is 1. The van der Waals surface area contributed by atoms with E-state index in [4.69, 9.17) is 4.74 Å². The van der Waals surface area contributed by atoms with Crippen LogP contribution in [-0.2, 0) is 9.59 Å². The third-order valence-corrected chi connectivity index (χ3v) is 7.74. The summed E-state index contributed by atoms with van der Waals surface area (Å²) in [6, 6.07) is 31.7. The predicted octanol–water partition coefficient (Wildman–Crippen LogP) is 5.30. The molecular weight excluding hydrogens is 450 g/mol. The lowest BCUT2D eigenvalue weighted by Crippen LogP contribution is -2.41. The van der Waals surface area contributed by atoms with Crippen LogP contribution in [0.25, 0.3) is 0 Å². The molecule has 1 saturated heterocycles. The molecule has 174 valence electrons. The van der Waals surface area contributed by atoms with Crippen molar-refractivity contribution in [2.45, 2.75) is 11.8 Å². The van der Waals surface area contributed by atoms with E-state index in [1.807, 2.05) is 30.3 Å². The maximum Gasteiger partial charge on any atom is 0.343 e. The number of rotatable bonds is 3. The minimum absolute atomic E-state index is 0.159. The second-order valence-electron chi connectivity index (χ2n) is 9.53. The molecule has 0 spiro atoms. The maximum absolute atomic E-state index is 13.9. The van der Waals surface area contributed by atoms with Gasteiger partial charge in [-0.25, -0.2) is 9.69 Å². The van der Waals surface area contributed by atoms with Crippen LogP contribution >= 0.6 is 0 Å². The molecule has 2 bridgehead atoms. The summed E-state index contributed by atoms with van der Waals surface area (Å²) >= 11 is 0. The lowest BCUT2D eigenvalue weighted by atomic mass is 9.55. The molecule has 0 unspecified atom stereocenters. The predicted molar refractivity (Wildman–Crippen MR) is 134 cm³/mol. The Labute approximate surface area is 207 Å². The Kier molecular flexibility index (Phi) is 4.48. The van der Waals surface area contributed by atoms with E-state index in [9.17, 15) is 14.4 Å². The fourth-order valence-corrected chi connectivity index (χ4v) is 6.36. The molecule has 1 fully saturated rings. The molecular formula is C31H21NO4. The largest absolute Gasteiger partial charge is 0.423 e. The normalized spacial score (nSPS) is 23.2.